The van der Waals surface area contributed by atoms with E-state index >= 15 is 0 Å². The summed E-state index contributed by atoms with van der Waals surface area (Å²) in [7, 11) is 0. The standard InChI is InChI=1S/C27H27N5OS/c1-19(26(33)29-24-13-7-11-21-10-5-6-12-23(21)24)34-27-31-30-25(22-14-16-28-17-15-22)32(27)18-20-8-3-2-4-9-20/h2-6,8-10,12,14-17,19,24H,7,11,13,18H2,1H3,(H,29,33)/t19-,24-/m1/s1. The van der Waals surface area contributed by atoms with Gasteiger partial charge in [0.2, 0.25) is 5.91 Å². The van der Waals surface area contributed by atoms with Crippen LogP contribution in [0.4, 0.5) is 0 Å². The van der Waals surface area contributed by atoms with Crippen molar-refractivity contribution >= 4 is 17.7 Å². The number of nitrogens with zero attached hydrogens (tertiary/aromatic N) is 4. The first-order valence-corrected chi connectivity index (χ1v) is 12.5. The highest BCUT2D eigenvalue weighted by Gasteiger charge is 2.26. The van der Waals surface area contributed by atoms with Crippen molar-refractivity contribution in [1.82, 2.24) is 25.1 Å². The van der Waals surface area contributed by atoms with E-state index in [2.05, 4.69) is 55.4 Å². The SMILES string of the molecule is C[C@@H](Sc1nnc(-c2ccncc2)n1Cc1ccccc1)C(=O)N[C@@H]1CCCc2ccccc21. The predicted molar refractivity (Wildman–Crippen MR) is 134 cm³/mol. The molecule has 0 saturated carbocycles. The molecule has 2 atom stereocenters. The molecule has 4 aromatic rings. The number of pyridine rings is 1. The van der Waals surface area contributed by atoms with E-state index in [4.69, 9.17) is 0 Å². The Balaban J connectivity index is 1.36. The third kappa shape index (κ3) is 4.89. The minimum atomic E-state index is -0.307. The number of aromatic nitrogens is 4. The second-order valence-electron chi connectivity index (χ2n) is 8.53. The lowest BCUT2D eigenvalue weighted by Gasteiger charge is -2.27. The fraction of sp³-hybridized carbons (Fsp3) is 0.259. The van der Waals surface area contributed by atoms with Gasteiger partial charge in [0, 0.05) is 18.0 Å². The number of hydrogen-bond donors (Lipinski definition) is 1. The maximum atomic E-state index is 13.2. The fourth-order valence-electron chi connectivity index (χ4n) is 4.40. The maximum Gasteiger partial charge on any atom is 0.233 e. The van der Waals surface area contributed by atoms with Gasteiger partial charge in [0.1, 0.15) is 0 Å². The molecule has 2 aromatic carbocycles. The lowest BCUT2D eigenvalue weighted by molar-refractivity contribution is -0.121. The smallest absolute Gasteiger partial charge is 0.233 e. The highest BCUT2D eigenvalue weighted by Crippen LogP contribution is 2.31. The van der Waals surface area contributed by atoms with Gasteiger partial charge in [0.25, 0.3) is 0 Å². The van der Waals surface area contributed by atoms with Crippen LogP contribution in [0.1, 0.15) is 42.5 Å². The fourth-order valence-corrected chi connectivity index (χ4v) is 5.26. The van der Waals surface area contributed by atoms with Crippen molar-refractivity contribution in [3.05, 3.63) is 95.8 Å². The van der Waals surface area contributed by atoms with Crippen LogP contribution in [0.3, 0.4) is 0 Å². The van der Waals surface area contributed by atoms with Crippen molar-refractivity contribution in [3.63, 3.8) is 0 Å². The number of benzene rings is 2. The van der Waals surface area contributed by atoms with E-state index in [0.29, 0.717) is 6.54 Å². The van der Waals surface area contributed by atoms with E-state index in [0.717, 1.165) is 41.4 Å². The first-order chi connectivity index (χ1) is 16.7. The minimum Gasteiger partial charge on any atom is -0.348 e. The molecule has 0 radical (unpaired) electrons. The average molecular weight is 470 g/mol. The van der Waals surface area contributed by atoms with E-state index in [1.807, 2.05) is 43.3 Å². The molecule has 0 saturated heterocycles. The average Bonchev–Trinajstić information content (AvgIpc) is 3.27. The Bertz CT molecular complexity index is 1260. The molecule has 0 spiro atoms. The summed E-state index contributed by atoms with van der Waals surface area (Å²) in [6.45, 7) is 2.56. The first-order valence-electron chi connectivity index (χ1n) is 11.6. The van der Waals surface area contributed by atoms with E-state index in [9.17, 15) is 4.79 Å². The summed E-state index contributed by atoms with van der Waals surface area (Å²) in [5.74, 6) is 0.786. The maximum absolute atomic E-state index is 13.2. The molecule has 34 heavy (non-hydrogen) atoms. The molecule has 2 heterocycles. The number of rotatable bonds is 7. The number of hydrogen-bond acceptors (Lipinski definition) is 5. The number of thioether (sulfide) groups is 1. The molecule has 1 aliphatic carbocycles. The van der Waals surface area contributed by atoms with Crippen LogP contribution >= 0.6 is 11.8 Å². The molecule has 0 aliphatic heterocycles. The Morgan fingerprint density at radius 3 is 2.65 bits per heavy atom. The summed E-state index contributed by atoms with van der Waals surface area (Å²) in [6, 6.07) is 22.6. The second kappa shape index (κ2) is 10.2. The molecule has 1 N–H and O–H groups in total. The number of nitrogens with one attached hydrogen (secondary N) is 1. The highest BCUT2D eigenvalue weighted by atomic mass is 32.2. The van der Waals surface area contributed by atoms with Gasteiger partial charge in [0.15, 0.2) is 11.0 Å². The normalized spacial score (nSPS) is 16.0. The zero-order valence-electron chi connectivity index (χ0n) is 19.1. The van der Waals surface area contributed by atoms with E-state index in [1.54, 1.807) is 12.4 Å². The van der Waals surface area contributed by atoms with Crippen molar-refractivity contribution < 1.29 is 4.79 Å². The molecule has 2 aromatic heterocycles. The molecular formula is C27H27N5OS. The number of aryl methyl sites for hydroxylation is 1. The summed E-state index contributed by atoms with van der Waals surface area (Å²) < 4.78 is 2.08. The van der Waals surface area contributed by atoms with E-state index < -0.39 is 0 Å². The van der Waals surface area contributed by atoms with Crippen LogP contribution in [0, 0.1) is 0 Å². The number of carbonyl (C=O) groups excluding carboxylic acids is 1. The van der Waals surface area contributed by atoms with Crippen molar-refractivity contribution in [1.29, 1.82) is 0 Å². The highest BCUT2D eigenvalue weighted by molar-refractivity contribution is 8.00. The second-order valence-corrected chi connectivity index (χ2v) is 9.83. The zero-order chi connectivity index (χ0) is 23.3. The molecular weight excluding hydrogens is 442 g/mol. The Kier molecular flexibility index (Phi) is 6.72. The first kappa shape index (κ1) is 22.3. The molecule has 0 unspecified atom stereocenters. The van der Waals surface area contributed by atoms with Gasteiger partial charge in [-0.3, -0.25) is 14.3 Å². The molecule has 1 amide bonds. The van der Waals surface area contributed by atoms with Gasteiger partial charge in [-0.05, 0) is 55.0 Å². The lowest BCUT2D eigenvalue weighted by Crippen LogP contribution is -2.36. The van der Waals surface area contributed by atoms with Gasteiger partial charge >= 0.3 is 0 Å². The largest absolute Gasteiger partial charge is 0.348 e. The van der Waals surface area contributed by atoms with Crippen LogP contribution in [0.15, 0.2) is 84.3 Å². The van der Waals surface area contributed by atoms with Crippen molar-refractivity contribution in [2.75, 3.05) is 0 Å². The molecule has 6 nitrogen and oxygen atoms in total. The zero-order valence-corrected chi connectivity index (χ0v) is 19.9. The van der Waals surface area contributed by atoms with Crippen LogP contribution in [0.25, 0.3) is 11.4 Å². The lowest BCUT2D eigenvalue weighted by atomic mass is 9.88. The Morgan fingerprint density at radius 2 is 1.82 bits per heavy atom. The topological polar surface area (TPSA) is 72.7 Å². The van der Waals surface area contributed by atoms with Crippen LogP contribution in [0.5, 0.6) is 0 Å². The van der Waals surface area contributed by atoms with Gasteiger partial charge in [-0.2, -0.15) is 0 Å². The summed E-state index contributed by atoms with van der Waals surface area (Å²) in [4.78, 5) is 17.3. The van der Waals surface area contributed by atoms with Gasteiger partial charge in [-0.25, -0.2) is 0 Å². The minimum absolute atomic E-state index is 0.0198. The van der Waals surface area contributed by atoms with Crippen LogP contribution in [-0.4, -0.2) is 30.9 Å². The molecule has 1 aliphatic rings. The molecule has 5 rings (SSSR count). The third-order valence-electron chi connectivity index (χ3n) is 6.18. The quantitative estimate of drug-likeness (QED) is 0.383. The monoisotopic (exact) mass is 469 g/mol. The van der Waals surface area contributed by atoms with Crippen molar-refractivity contribution in [2.45, 2.75) is 49.2 Å². The van der Waals surface area contributed by atoms with E-state index in [1.165, 1.54) is 22.9 Å². The Morgan fingerprint density at radius 1 is 1.06 bits per heavy atom. The van der Waals surface area contributed by atoms with Crippen molar-refractivity contribution in [2.24, 2.45) is 0 Å². The molecule has 0 fully saturated rings. The number of amides is 1. The van der Waals surface area contributed by atoms with Gasteiger partial charge in [0.05, 0.1) is 17.8 Å². The van der Waals surface area contributed by atoms with Crippen LogP contribution in [-0.2, 0) is 17.8 Å². The Labute approximate surface area is 203 Å². The van der Waals surface area contributed by atoms with Crippen LogP contribution < -0.4 is 5.32 Å². The Hall–Kier alpha value is -3.45. The molecule has 172 valence electrons. The summed E-state index contributed by atoms with van der Waals surface area (Å²) in [6.07, 6.45) is 6.64. The number of carbonyl (C=O) groups is 1. The summed E-state index contributed by atoms with van der Waals surface area (Å²) in [5.41, 5.74) is 4.67. The van der Waals surface area contributed by atoms with E-state index in [-0.39, 0.29) is 17.2 Å². The van der Waals surface area contributed by atoms with Gasteiger partial charge in [-0.15, -0.1) is 10.2 Å². The third-order valence-corrected chi connectivity index (χ3v) is 7.26. The van der Waals surface area contributed by atoms with Crippen LogP contribution in [0.2, 0.25) is 0 Å². The number of fused-ring (bicyclic) bond motifs is 1. The van der Waals surface area contributed by atoms with Gasteiger partial charge in [-0.1, -0.05) is 66.4 Å². The van der Waals surface area contributed by atoms with Crippen molar-refractivity contribution in [3.8, 4) is 11.4 Å². The van der Waals surface area contributed by atoms with Gasteiger partial charge < -0.3 is 5.32 Å². The summed E-state index contributed by atoms with van der Waals surface area (Å²) in [5, 5.41) is 12.6. The molecule has 0 bridgehead atoms. The summed E-state index contributed by atoms with van der Waals surface area (Å²) >= 11 is 1.44. The molecule has 7 heteroatoms. The predicted octanol–water partition coefficient (Wildman–Crippen LogP) is 5.06.